The van der Waals surface area contributed by atoms with E-state index in [4.69, 9.17) is 10.5 Å². The van der Waals surface area contributed by atoms with Gasteiger partial charge in [-0.3, -0.25) is 0 Å². The van der Waals surface area contributed by atoms with E-state index < -0.39 is 0 Å². The van der Waals surface area contributed by atoms with Crippen LogP contribution >= 0.6 is 0 Å². The average molecular weight is 267 g/mol. The van der Waals surface area contributed by atoms with Crippen molar-refractivity contribution in [2.24, 2.45) is 10.7 Å². The maximum absolute atomic E-state index is 13.6. The van der Waals surface area contributed by atoms with Crippen LogP contribution in [0.25, 0.3) is 0 Å². The lowest BCUT2D eigenvalue weighted by atomic mass is 10.1. The minimum atomic E-state index is -0.378. The van der Waals surface area contributed by atoms with Crippen LogP contribution in [0.3, 0.4) is 0 Å². The fourth-order valence-corrected chi connectivity index (χ4v) is 1.52. The van der Waals surface area contributed by atoms with Gasteiger partial charge >= 0.3 is 0 Å². The van der Waals surface area contributed by atoms with Gasteiger partial charge in [0.2, 0.25) is 0 Å². The molecule has 0 unspecified atom stereocenters. The third-order valence-corrected chi connectivity index (χ3v) is 2.23. The first-order valence-electron chi connectivity index (χ1n) is 6.31. The molecule has 0 aromatic heterocycles. The molecule has 0 aliphatic rings. The predicted octanol–water partition coefficient (Wildman–Crippen LogP) is 2.43. The Labute approximate surface area is 113 Å². The lowest BCUT2D eigenvalue weighted by molar-refractivity contribution is 0.321. The highest BCUT2D eigenvalue weighted by Gasteiger charge is 2.09. The van der Waals surface area contributed by atoms with Crippen molar-refractivity contribution in [1.82, 2.24) is 5.32 Å². The molecule has 0 radical (unpaired) electrons. The molecule has 3 N–H and O–H groups in total. The Morgan fingerprint density at radius 3 is 2.63 bits per heavy atom. The van der Waals surface area contributed by atoms with E-state index in [0.29, 0.717) is 19.1 Å². The summed E-state index contributed by atoms with van der Waals surface area (Å²) in [5, 5.41) is 3.04. The molecule has 0 saturated carbocycles. The topological polar surface area (TPSA) is 59.6 Å². The number of rotatable bonds is 4. The van der Waals surface area contributed by atoms with Crippen molar-refractivity contribution in [3.8, 4) is 5.75 Å². The molecule has 19 heavy (non-hydrogen) atoms. The molecule has 1 rings (SSSR count). The lowest BCUT2D eigenvalue weighted by Crippen LogP contribution is -2.44. The Morgan fingerprint density at radius 1 is 1.42 bits per heavy atom. The van der Waals surface area contributed by atoms with Gasteiger partial charge in [0.05, 0.1) is 13.2 Å². The van der Waals surface area contributed by atoms with Crippen LogP contribution < -0.4 is 15.8 Å². The number of guanidine groups is 1. The fourth-order valence-electron chi connectivity index (χ4n) is 1.52. The molecule has 4 nitrogen and oxygen atoms in total. The molecule has 1 aromatic rings. The largest absolute Gasteiger partial charge is 0.491 e. The molecule has 0 atom stereocenters. The lowest BCUT2D eigenvalue weighted by Gasteiger charge is -2.21. The van der Waals surface area contributed by atoms with E-state index in [1.165, 1.54) is 6.07 Å². The monoisotopic (exact) mass is 267 g/mol. The van der Waals surface area contributed by atoms with Crippen molar-refractivity contribution in [3.05, 3.63) is 29.6 Å². The molecule has 0 amide bonds. The standard InChI is InChI=1S/C14H22FN3O/c1-5-19-12-7-6-10(8-11(12)15)9-17-13(16)18-14(2,3)4/h6-8H,5,9H2,1-4H3,(H3,16,17,18). The number of nitrogens with zero attached hydrogens (tertiary/aromatic N) is 1. The molecule has 5 heteroatoms. The number of nitrogens with one attached hydrogen (secondary N) is 1. The zero-order chi connectivity index (χ0) is 14.5. The third-order valence-electron chi connectivity index (χ3n) is 2.23. The van der Waals surface area contributed by atoms with E-state index in [2.05, 4.69) is 10.3 Å². The van der Waals surface area contributed by atoms with Gasteiger partial charge in [0.1, 0.15) is 0 Å². The van der Waals surface area contributed by atoms with Gasteiger partial charge in [0.15, 0.2) is 17.5 Å². The van der Waals surface area contributed by atoms with Crippen molar-refractivity contribution in [1.29, 1.82) is 0 Å². The zero-order valence-corrected chi connectivity index (χ0v) is 12.0. The zero-order valence-electron chi connectivity index (χ0n) is 12.0. The fraction of sp³-hybridized carbons (Fsp3) is 0.500. The molecule has 0 heterocycles. The summed E-state index contributed by atoms with van der Waals surface area (Å²) in [6.45, 7) is 8.56. The van der Waals surface area contributed by atoms with Crippen LogP contribution in [0.15, 0.2) is 23.2 Å². The summed E-state index contributed by atoms with van der Waals surface area (Å²) in [6, 6.07) is 4.80. The Bertz CT molecular complexity index is 452. The van der Waals surface area contributed by atoms with E-state index in [1.807, 2.05) is 27.7 Å². The highest BCUT2D eigenvalue weighted by molar-refractivity contribution is 5.78. The van der Waals surface area contributed by atoms with Crippen LogP contribution in [0, 0.1) is 5.82 Å². The molecule has 0 fully saturated rings. The second-order valence-corrected chi connectivity index (χ2v) is 5.27. The van der Waals surface area contributed by atoms with Gasteiger partial charge in [-0.1, -0.05) is 6.07 Å². The summed E-state index contributed by atoms with van der Waals surface area (Å²) in [6.07, 6.45) is 0. The van der Waals surface area contributed by atoms with Crippen molar-refractivity contribution >= 4 is 5.96 Å². The first kappa shape index (κ1) is 15.3. The molecule has 0 spiro atoms. The minimum Gasteiger partial charge on any atom is -0.491 e. The Kier molecular flexibility index (Phi) is 5.15. The Balaban J connectivity index is 2.68. The molecule has 106 valence electrons. The highest BCUT2D eigenvalue weighted by atomic mass is 19.1. The number of halogens is 1. The van der Waals surface area contributed by atoms with Gasteiger partial charge in [-0.2, -0.15) is 0 Å². The smallest absolute Gasteiger partial charge is 0.189 e. The quantitative estimate of drug-likeness (QED) is 0.650. The number of ether oxygens (including phenoxy) is 1. The minimum absolute atomic E-state index is 0.141. The maximum Gasteiger partial charge on any atom is 0.189 e. The van der Waals surface area contributed by atoms with Crippen LogP contribution in [0.1, 0.15) is 33.3 Å². The second-order valence-electron chi connectivity index (χ2n) is 5.27. The summed E-state index contributed by atoms with van der Waals surface area (Å²) < 4.78 is 18.7. The van der Waals surface area contributed by atoms with Crippen LogP contribution in [-0.2, 0) is 6.54 Å². The van der Waals surface area contributed by atoms with Crippen LogP contribution in [-0.4, -0.2) is 18.1 Å². The van der Waals surface area contributed by atoms with Crippen molar-refractivity contribution in [2.45, 2.75) is 39.8 Å². The van der Waals surface area contributed by atoms with E-state index >= 15 is 0 Å². The Morgan fingerprint density at radius 2 is 2.11 bits per heavy atom. The maximum atomic E-state index is 13.6. The van der Waals surface area contributed by atoms with Crippen molar-refractivity contribution < 1.29 is 9.13 Å². The van der Waals surface area contributed by atoms with Crippen LogP contribution in [0.4, 0.5) is 4.39 Å². The van der Waals surface area contributed by atoms with E-state index in [-0.39, 0.29) is 17.1 Å². The summed E-state index contributed by atoms with van der Waals surface area (Å²) in [4.78, 5) is 4.17. The summed E-state index contributed by atoms with van der Waals surface area (Å²) in [5.41, 5.74) is 6.35. The van der Waals surface area contributed by atoms with Crippen molar-refractivity contribution in [2.75, 3.05) is 6.61 Å². The average Bonchev–Trinajstić information content (AvgIpc) is 2.27. The van der Waals surface area contributed by atoms with Gasteiger partial charge in [-0.25, -0.2) is 9.38 Å². The van der Waals surface area contributed by atoms with Gasteiger partial charge in [0.25, 0.3) is 0 Å². The molecule has 1 aromatic carbocycles. The summed E-state index contributed by atoms with van der Waals surface area (Å²) in [5.74, 6) is 0.231. The van der Waals surface area contributed by atoms with E-state index in [1.54, 1.807) is 12.1 Å². The number of hydrogen-bond donors (Lipinski definition) is 2. The van der Waals surface area contributed by atoms with Gasteiger partial charge < -0.3 is 15.8 Å². The summed E-state index contributed by atoms with van der Waals surface area (Å²) >= 11 is 0. The van der Waals surface area contributed by atoms with Gasteiger partial charge in [-0.15, -0.1) is 0 Å². The molecule has 0 aliphatic heterocycles. The van der Waals surface area contributed by atoms with Crippen molar-refractivity contribution in [3.63, 3.8) is 0 Å². The predicted molar refractivity (Wildman–Crippen MR) is 75.8 cm³/mol. The number of aliphatic imine (C=N–C) groups is 1. The van der Waals surface area contributed by atoms with E-state index in [0.717, 1.165) is 5.56 Å². The number of benzene rings is 1. The molecular weight excluding hydrogens is 245 g/mol. The van der Waals surface area contributed by atoms with Gasteiger partial charge in [0, 0.05) is 5.54 Å². The molecular formula is C14H22FN3O. The van der Waals surface area contributed by atoms with E-state index in [9.17, 15) is 4.39 Å². The van der Waals surface area contributed by atoms with Crippen LogP contribution in [0.2, 0.25) is 0 Å². The third kappa shape index (κ3) is 5.59. The number of hydrogen-bond acceptors (Lipinski definition) is 2. The SMILES string of the molecule is CCOc1ccc(CN=C(N)NC(C)(C)C)cc1F. The Hall–Kier alpha value is -1.78. The normalized spacial score (nSPS) is 12.4. The first-order valence-corrected chi connectivity index (χ1v) is 6.31. The highest BCUT2D eigenvalue weighted by Crippen LogP contribution is 2.18. The molecule has 0 aliphatic carbocycles. The summed E-state index contributed by atoms with van der Waals surface area (Å²) in [7, 11) is 0. The van der Waals surface area contributed by atoms with Crippen LogP contribution in [0.5, 0.6) is 5.75 Å². The first-order chi connectivity index (χ1) is 8.81. The molecule has 0 saturated heterocycles. The second kappa shape index (κ2) is 6.41. The number of nitrogens with two attached hydrogens (primary N) is 1. The molecule has 0 bridgehead atoms. The van der Waals surface area contributed by atoms with Gasteiger partial charge in [-0.05, 0) is 45.4 Å².